The van der Waals surface area contributed by atoms with Crippen LogP contribution in [-0.2, 0) is 4.79 Å². The van der Waals surface area contributed by atoms with Crippen molar-refractivity contribution in [2.24, 2.45) is 11.8 Å². The molecule has 0 N–H and O–H groups in total. The predicted octanol–water partition coefficient (Wildman–Crippen LogP) is 2.54. The van der Waals surface area contributed by atoms with E-state index >= 15 is 0 Å². The molecule has 4 saturated heterocycles. The molecular weight excluding hydrogens is 307 g/mol. The fourth-order valence-corrected chi connectivity index (χ4v) is 4.52. The first kappa shape index (κ1) is 16.0. The van der Waals surface area contributed by atoms with Crippen LogP contribution in [-0.4, -0.2) is 54.5 Å². The standard InChI is InChI=1S/C19H25FN2O2/c20-16-1-3-17(4-2-16)24-19(23)15-7-11-22(12-8-15)18-13-21-9-5-14(18)6-10-21/h1-4,14-15,18H,5-13H2/t18-/m0/s1. The summed E-state index contributed by atoms with van der Waals surface area (Å²) in [6.07, 6.45) is 4.39. The Morgan fingerprint density at radius 2 is 1.67 bits per heavy atom. The minimum absolute atomic E-state index is 0.0348. The van der Waals surface area contributed by atoms with Gasteiger partial charge in [-0.1, -0.05) is 0 Å². The first-order chi connectivity index (χ1) is 11.7. The van der Waals surface area contributed by atoms with Crippen LogP contribution in [0.3, 0.4) is 0 Å². The molecule has 0 spiro atoms. The third-order valence-corrected chi connectivity index (χ3v) is 5.99. The molecule has 0 radical (unpaired) electrons. The summed E-state index contributed by atoms with van der Waals surface area (Å²) in [4.78, 5) is 17.5. The van der Waals surface area contributed by atoms with Gasteiger partial charge in [0, 0.05) is 12.6 Å². The van der Waals surface area contributed by atoms with Crippen molar-refractivity contribution in [2.45, 2.75) is 31.7 Å². The van der Waals surface area contributed by atoms with E-state index in [1.165, 1.54) is 56.7 Å². The molecule has 4 fully saturated rings. The smallest absolute Gasteiger partial charge is 0.314 e. The second-order valence-electron chi connectivity index (χ2n) is 7.39. The zero-order valence-electron chi connectivity index (χ0n) is 14.0. The molecule has 0 aromatic heterocycles. The van der Waals surface area contributed by atoms with Crippen LogP contribution >= 0.6 is 0 Å². The molecule has 0 aliphatic carbocycles. The van der Waals surface area contributed by atoms with E-state index in [1.54, 1.807) is 0 Å². The van der Waals surface area contributed by atoms with E-state index in [2.05, 4.69) is 9.80 Å². The zero-order valence-corrected chi connectivity index (χ0v) is 14.0. The normalized spacial score (nSPS) is 31.1. The van der Waals surface area contributed by atoms with Gasteiger partial charge < -0.3 is 9.64 Å². The molecule has 1 aromatic carbocycles. The molecule has 130 valence electrons. The van der Waals surface area contributed by atoms with Gasteiger partial charge in [0.2, 0.25) is 0 Å². The van der Waals surface area contributed by atoms with Crippen molar-refractivity contribution in [1.29, 1.82) is 0 Å². The quantitative estimate of drug-likeness (QED) is 0.629. The molecule has 5 heteroatoms. The Kier molecular flexibility index (Phi) is 4.55. The lowest BCUT2D eigenvalue weighted by Gasteiger charge is -2.50. The second kappa shape index (κ2) is 6.81. The van der Waals surface area contributed by atoms with Crippen molar-refractivity contribution in [3.8, 4) is 5.75 Å². The van der Waals surface area contributed by atoms with Crippen molar-refractivity contribution < 1.29 is 13.9 Å². The summed E-state index contributed by atoms with van der Waals surface area (Å²) in [6, 6.07) is 6.34. The number of rotatable bonds is 3. The summed E-state index contributed by atoms with van der Waals surface area (Å²) in [5, 5.41) is 0. The molecule has 4 aliphatic heterocycles. The number of hydrogen-bond donors (Lipinski definition) is 0. The number of likely N-dealkylation sites (tertiary alicyclic amines) is 1. The maximum Gasteiger partial charge on any atom is 0.314 e. The zero-order chi connectivity index (χ0) is 16.5. The van der Waals surface area contributed by atoms with Gasteiger partial charge in [0.05, 0.1) is 5.92 Å². The molecule has 4 heterocycles. The molecule has 1 aromatic rings. The predicted molar refractivity (Wildman–Crippen MR) is 89.3 cm³/mol. The minimum Gasteiger partial charge on any atom is -0.426 e. The summed E-state index contributed by atoms with van der Waals surface area (Å²) in [6.45, 7) is 5.70. The highest BCUT2D eigenvalue weighted by molar-refractivity contribution is 5.75. The number of benzene rings is 1. The van der Waals surface area contributed by atoms with Crippen LogP contribution in [0.5, 0.6) is 5.75 Å². The maximum absolute atomic E-state index is 12.9. The summed E-state index contributed by atoms with van der Waals surface area (Å²) in [5.74, 6) is 0.752. The molecule has 2 bridgehead atoms. The van der Waals surface area contributed by atoms with Crippen LogP contribution in [0.2, 0.25) is 0 Å². The molecule has 1 atom stereocenters. The average molecular weight is 332 g/mol. The molecule has 4 nitrogen and oxygen atoms in total. The van der Waals surface area contributed by atoms with Gasteiger partial charge in [-0.25, -0.2) is 4.39 Å². The second-order valence-corrected chi connectivity index (χ2v) is 7.39. The highest BCUT2D eigenvalue weighted by atomic mass is 19.1. The average Bonchev–Trinajstić information content (AvgIpc) is 2.64. The Labute approximate surface area is 142 Å². The van der Waals surface area contributed by atoms with Gasteiger partial charge in [0.1, 0.15) is 11.6 Å². The Morgan fingerprint density at radius 1 is 1.00 bits per heavy atom. The van der Waals surface area contributed by atoms with Gasteiger partial charge in [0.15, 0.2) is 0 Å². The van der Waals surface area contributed by atoms with Gasteiger partial charge in [0.25, 0.3) is 0 Å². The number of nitrogens with zero attached hydrogens (tertiary/aromatic N) is 2. The fourth-order valence-electron chi connectivity index (χ4n) is 4.52. The first-order valence-electron chi connectivity index (χ1n) is 9.13. The molecule has 0 amide bonds. The number of carbonyl (C=O) groups is 1. The number of hydrogen-bond acceptors (Lipinski definition) is 4. The Hall–Kier alpha value is -1.46. The SMILES string of the molecule is O=C(Oc1ccc(F)cc1)C1CCN([C@H]2CN3CCC2CC3)CC1. The third-order valence-electron chi connectivity index (χ3n) is 5.99. The van der Waals surface area contributed by atoms with Crippen LogP contribution in [0.25, 0.3) is 0 Å². The van der Waals surface area contributed by atoms with Crippen LogP contribution in [0.15, 0.2) is 24.3 Å². The Bertz CT molecular complexity index is 576. The summed E-state index contributed by atoms with van der Waals surface area (Å²) < 4.78 is 18.3. The van der Waals surface area contributed by atoms with E-state index in [-0.39, 0.29) is 17.7 Å². The number of piperidine rings is 4. The molecule has 0 saturated carbocycles. The highest BCUT2D eigenvalue weighted by Gasteiger charge is 2.39. The van der Waals surface area contributed by atoms with E-state index in [0.29, 0.717) is 11.8 Å². The molecule has 5 rings (SSSR count). The number of carbonyl (C=O) groups excluding carboxylic acids is 1. The van der Waals surface area contributed by atoms with Crippen LogP contribution in [0, 0.1) is 17.7 Å². The van der Waals surface area contributed by atoms with Crippen LogP contribution < -0.4 is 4.74 Å². The monoisotopic (exact) mass is 332 g/mol. The number of fused-ring (bicyclic) bond motifs is 3. The van der Waals surface area contributed by atoms with Crippen molar-refractivity contribution >= 4 is 5.97 Å². The van der Waals surface area contributed by atoms with Crippen molar-refractivity contribution in [3.63, 3.8) is 0 Å². The van der Waals surface area contributed by atoms with Crippen molar-refractivity contribution in [2.75, 3.05) is 32.7 Å². The number of halogens is 1. The van der Waals surface area contributed by atoms with E-state index in [0.717, 1.165) is 31.8 Å². The van der Waals surface area contributed by atoms with Gasteiger partial charge in [-0.05, 0) is 82.0 Å². The van der Waals surface area contributed by atoms with E-state index in [1.807, 2.05) is 0 Å². The lowest BCUT2D eigenvalue weighted by atomic mass is 9.82. The first-order valence-corrected chi connectivity index (χ1v) is 9.13. The van der Waals surface area contributed by atoms with Gasteiger partial charge in [-0.15, -0.1) is 0 Å². The van der Waals surface area contributed by atoms with Gasteiger partial charge in [-0.3, -0.25) is 9.69 Å². The molecule has 4 aliphatic rings. The number of ether oxygens (including phenoxy) is 1. The van der Waals surface area contributed by atoms with E-state index in [4.69, 9.17) is 4.74 Å². The van der Waals surface area contributed by atoms with Gasteiger partial charge >= 0.3 is 5.97 Å². The topological polar surface area (TPSA) is 32.8 Å². The van der Waals surface area contributed by atoms with E-state index < -0.39 is 0 Å². The van der Waals surface area contributed by atoms with Crippen LogP contribution in [0.1, 0.15) is 25.7 Å². The molecule has 0 unspecified atom stereocenters. The molecule has 24 heavy (non-hydrogen) atoms. The largest absolute Gasteiger partial charge is 0.426 e. The highest BCUT2D eigenvalue weighted by Crippen LogP contribution is 2.33. The number of esters is 1. The third kappa shape index (κ3) is 3.33. The van der Waals surface area contributed by atoms with Crippen LogP contribution in [0.4, 0.5) is 4.39 Å². The van der Waals surface area contributed by atoms with Crippen molar-refractivity contribution in [3.05, 3.63) is 30.1 Å². The summed E-state index contributed by atoms with van der Waals surface area (Å²) >= 11 is 0. The maximum atomic E-state index is 12.9. The van der Waals surface area contributed by atoms with Crippen molar-refractivity contribution in [1.82, 2.24) is 9.80 Å². The summed E-state index contributed by atoms with van der Waals surface area (Å²) in [7, 11) is 0. The molecular formula is C19H25FN2O2. The lowest BCUT2D eigenvalue weighted by Crippen LogP contribution is -2.58. The van der Waals surface area contributed by atoms with Gasteiger partial charge in [-0.2, -0.15) is 0 Å². The Morgan fingerprint density at radius 3 is 2.25 bits per heavy atom. The lowest BCUT2D eigenvalue weighted by molar-refractivity contribution is -0.141. The minimum atomic E-state index is -0.319. The Balaban J connectivity index is 1.29. The van der Waals surface area contributed by atoms with E-state index in [9.17, 15) is 9.18 Å². The fraction of sp³-hybridized carbons (Fsp3) is 0.632. The summed E-state index contributed by atoms with van der Waals surface area (Å²) in [5.41, 5.74) is 0.